The first kappa shape index (κ1) is 18.8. The van der Waals surface area contributed by atoms with Crippen molar-refractivity contribution in [2.75, 3.05) is 12.4 Å². The Kier molecular flexibility index (Phi) is 4.83. The van der Waals surface area contributed by atoms with E-state index in [0.717, 1.165) is 16.4 Å². The molecule has 0 fully saturated rings. The standard InChI is InChI=1S/C21H24N2O4/c1-12(22-20(25)21(2,3)4)19(24)23-15-11-17-14(10-18(15)26-5)13-8-6-7-9-16(13)27-17/h6-12H,1-5H3,(H,22,25)(H,23,24). The van der Waals surface area contributed by atoms with Crippen LogP contribution >= 0.6 is 0 Å². The first-order chi connectivity index (χ1) is 12.7. The quantitative estimate of drug-likeness (QED) is 0.727. The Morgan fingerprint density at radius 3 is 2.44 bits per heavy atom. The molecule has 2 N–H and O–H groups in total. The lowest BCUT2D eigenvalue weighted by Gasteiger charge is -2.21. The number of furan rings is 1. The second-order valence-corrected chi connectivity index (χ2v) is 7.58. The van der Waals surface area contributed by atoms with Gasteiger partial charge >= 0.3 is 0 Å². The van der Waals surface area contributed by atoms with Gasteiger partial charge in [0.15, 0.2) is 0 Å². The first-order valence-electron chi connectivity index (χ1n) is 8.82. The van der Waals surface area contributed by atoms with Crippen molar-refractivity contribution in [2.45, 2.75) is 33.7 Å². The summed E-state index contributed by atoms with van der Waals surface area (Å²) in [5.74, 6) is 0.00274. The van der Waals surface area contributed by atoms with Crippen LogP contribution in [-0.4, -0.2) is 25.0 Å². The van der Waals surface area contributed by atoms with Crippen molar-refractivity contribution >= 4 is 39.4 Å². The van der Waals surface area contributed by atoms with Crippen molar-refractivity contribution in [3.8, 4) is 5.75 Å². The molecule has 3 aromatic rings. The first-order valence-corrected chi connectivity index (χ1v) is 8.82. The maximum absolute atomic E-state index is 12.5. The molecule has 142 valence electrons. The summed E-state index contributed by atoms with van der Waals surface area (Å²) in [6.45, 7) is 7.04. The number of methoxy groups -OCH3 is 1. The molecule has 0 saturated heterocycles. The number of nitrogens with one attached hydrogen (secondary N) is 2. The minimum atomic E-state index is -0.687. The van der Waals surface area contributed by atoms with Crippen molar-refractivity contribution < 1.29 is 18.7 Å². The molecule has 1 atom stereocenters. The molecule has 0 radical (unpaired) electrons. The Bertz CT molecular complexity index is 1010. The molecule has 6 nitrogen and oxygen atoms in total. The smallest absolute Gasteiger partial charge is 0.246 e. The van der Waals surface area contributed by atoms with E-state index in [9.17, 15) is 9.59 Å². The molecule has 1 aromatic heterocycles. The van der Waals surface area contributed by atoms with Crippen molar-refractivity contribution in [3.05, 3.63) is 36.4 Å². The van der Waals surface area contributed by atoms with Gasteiger partial charge in [-0.2, -0.15) is 0 Å². The predicted molar refractivity (Wildman–Crippen MR) is 106 cm³/mol. The molecule has 27 heavy (non-hydrogen) atoms. The summed E-state index contributed by atoms with van der Waals surface area (Å²) in [7, 11) is 1.55. The third-order valence-electron chi connectivity index (χ3n) is 4.38. The summed E-state index contributed by atoms with van der Waals surface area (Å²) in [5, 5.41) is 7.43. The van der Waals surface area contributed by atoms with Gasteiger partial charge in [0.1, 0.15) is 23.0 Å². The van der Waals surface area contributed by atoms with Crippen molar-refractivity contribution in [2.24, 2.45) is 5.41 Å². The fourth-order valence-corrected chi connectivity index (χ4v) is 2.74. The lowest BCUT2D eigenvalue weighted by Crippen LogP contribution is -2.46. The third kappa shape index (κ3) is 3.74. The van der Waals surface area contributed by atoms with E-state index in [1.807, 2.05) is 30.3 Å². The molecule has 1 heterocycles. The average molecular weight is 368 g/mol. The molecule has 3 rings (SSSR count). The molecule has 0 spiro atoms. The molecule has 0 aliphatic heterocycles. The zero-order valence-electron chi connectivity index (χ0n) is 16.2. The van der Waals surface area contributed by atoms with Crippen LogP contribution in [0, 0.1) is 5.41 Å². The van der Waals surface area contributed by atoms with E-state index in [-0.39, 0.29) is 11.8 Å². The van der Waals surface area contributed by atoms with Crippen LogP contribution < -0.4 is 15.4 Å². The van der Waals surface area contributed by atoms with Gasteiger partial charge in [-0.15, -0.1) is 0 Å². The summed E-state index contributed by atoms with van der Waals surface area (Å²) in [5.41, 5.74) is 1.34. The molecule has 0 aliphatic carbocycles. The van der Waals surface area contributed by atoms with Gasteiger partial charge in [-0.25, -0.2) is 0 Å². The number of fused-ring (bicyclic) bond motifs is 3. The second kappa shape index (κ2) is 6.95. The average Bonchev–Trinajstić information content (AvgIpc) is 2.97. The van der Waals surface area contributed by atoms with Crippen molar-refractivity contribution in [1.29, 1.82) is 0 Å². The maximum atomic E-state index is 12.5. The van der Waals surface area contributed by atoms with Gasteiger partial charge in [-0.1, -0.05) is 39.0 Å². The minimum Gasteiger partial charge on any atom is -0.495 e. The van der Waals surface area contributed by atoms with E-state index in [1.165, 1.54) is 0 Å². The van der Waals surface area contributed by atoms with Gasteiger partial charge in [-0.3, -0.25) is 9.59 Å². The molecule has 0 aliphatic rings. The number of carbonyl (C=O) groups is 2. The van der Waals surface area contributed by atoms with E-state index >= 15 is 0 Å². The Morgan fingerprint density at radius 2 is 1.78 bits per heavy atom. The largest absolute Gasteiger partial charge is 0.495 e. The van der Waals surface area contributed by atoms with Crippen LogP contribution in [0.5, 0.6) is 5.75 Å². The number of rotatable bonds is 4. The molecule has 0 saturated carbocycles. The molecule has 2 aromatic carbocycles. The summed E-state index contributed by atoms with van der Waals surface area (Å²) in [6, 6.07) is 10.6. The number of anilines is 1. The molecule has 2 amide bonds. The van der Waals surface area contributed by atoms with Crippen molar-refractivity contribution in [1.82, 2.24) is 5.32 Å². The lowest BCUT2D eigenvalue weighted by atomic mass is 9.95. The van der Waals surface area contributed by atoms with Gasteiger partial charge in [-0.05, 0) is 19.1 Å². The van der Waals surface area contributed by atoms with Crippen LogP contribution in [0.25, 0.3) is 21.9 Å². The predicted octanol–water partition coefficient (Wildman–Crippen LogP) is 4.08. The monoisotopic (exact) mass is 368 g/mol. The molecular formula is C21H24N2O4. The highest BCUT2D eigenvalue weighted by molar-refractivity contribution is 6.08. The summed E-state index contributed by atoms with van der Waals surface area (Å²) >= 11 is 0. The van der Waals surface area contributed by atoms with E-state index in [4.69, 9.17) is 9.15 Å². The zero-order chi connectivity index (χ0) is 19.8. The highest BCUT2D eigenvalue weighted by Gasteiger charge is 2.25. The van der Waals surface area contributed by atoms with Crippen LogP contribution in [0.3, 0.4) is 0 Å². The molecular weight excluding hydrogens is 344 g/mol. The zero-order valence-corrected chi connectivity index (χ0v) is 16.2. The highest BCUT2D eigenvalue weighted by atomic mass is 16.5. The highest BCUT2D eigenvalue weighted by Crippen LogP contribution is 2.36. The Balaban J connectivity index is 1.88. The SMILES string of the molecule is COc1cc2c(cc1NC(=O)C(C)NC(=O)C(C)(C)C)oc1ccccc12. The fraction of sp³-hybridized carbons (Fsp3) is 0.333. The number of hydrogen-bond donors (Lipinski definition) is 2. The number of benzene rings is 2. The fourth-order valence-electron chi connectivity index (χ4n) is 2.74. The lowest BCUT2D eigenvalue weighted by molar-refractivity contribution is -0.131. The van der Waals surface area contributed by atoms with Gasteiger partial charge < -0.3 is 19.8 Å². The van der Waals surface area contributed by atoms with Crippen LogP contribution in [0.15, 0.2) is 40.8 Å². The topological polar surface area (TPSA) is 80.6 Å². The van der Waals surface area contributed by atoms with Gasteiger partial charge in [0.05, 0.1) is 12.8 Å². The van der Waals surface area contributed by atoms with E-state index in [0.29, 0.717) is 17.0 Å². The van der Waals surface area contributed by atoms with E-state index in [2.05, 4.69) is 10.6 Å². The Morgan fingerprint density at radius 1 is 1.07 bits per heavy atom. The van der Waals surface area contributed by atoms with Gasteiger partial charge in [0.25, 0.3) is 0 Å². The van der Waals surface area contributed by atoms with Crippen LogP contribution in [0.1, 0.15) is 27.7 Å². The van der Waals surface area contributed by atoms with Gasteiger partial charge in [0.2, 0.25) is 11.8 Å². The number of ether oxygens (including phenoxy) is 1. The number of para-hydroxylation sites is 1. The third-order valence-corrected chi connectivity index (χ3v) is 4.38. The van der Waals surface area contributed by atoms with E-state index in [1.54, 1.807) is 40.9 Å². The normalized spacial score (nSPS) is 12.8. The van der Waals surface area contributed by atoms with Gasteiger partial charge in [0, 0.05) is 22.3 Å². The van der Waals surface area contributed by atoms with E-state index < -0.39 is 11.5 Å². The van der Waals surface area contributed by atoms with Crippen LogP contribution in [0.4, 0.5) is 5.69 Å². The number of amides is 2. The maximum Gasteiger partial charge on any atom is 0.246 e. The second-order valence-electron chi connectivity index (χ2n) is 7.58. The minimum absolute atomic E-state index is 0.190. The summed E-state index contributed by atoms with van der Waals surface area (Å²) < 4.78 is 11.3. The van der Waals surface area contributed by atoms with Crippen LogP contribution in [0.2, 0.25) is 0 Å². The Labute approximate surface area is 157 Å². The number of carbonyl (C=O) groups excluding carboxylic acids is 2. The molecule has 6 heteroatoms. The summed E-state index contributed by atoms with van der Waals surface area (Å²) in [6.07, 6.45) is 0. The molecule has 1 unspecified atom stereocenters. The summed E-state index contributed by atoms with van der Waals surface area (Å²) in [4.78, 5) is 24.6. The van der Waals surface area contributed by atoms with Crippen molar-refractivity contribution in [3.63, 3.8) is 0 Å². The van der Waals surface area contributed by atoms with Crippen LogP contribution in [-0.2, 0) is 9.59 Å². The number of hydrogen-bond acceptors (Lipinski definition) is 4. The Hall–Kier alpha value is -3.02. The molecule has 0 bridgehead atoms.